The molecule has 0 aliphatic carbocycles. The van der Waals surface area contributed by atoms with Gasteiger partial charge in [-0.15, -0.1) is 0 Å². The van der Waals surface area contributed by atoms with Gasteiger partial charge in [-0.1, -0.05) is 19.9 Å². The van der Waals surface area contributed by atoms with E-state index < -0.39 is 0 Å². The van der Waals surface area contributed by atoms with Gasteiger partial charge >= 0.3 is 7.12 Å². The average molecular weight is 275 g/mol. The Kier molecular flexibility index (Phi) is 4.00. The van der Waals surface area contributed by atoms with Crippen LogP contribution < -0.4 is 5.59 Å². The summed E-state index contributed by atoms with van der Waals surface area (Å²) >= 11 is 0. The summed E-state index contributed by atoms with van der Waals surface area (Å²) in [5.41, 5.74) is 2.68. The zero-order chi connectivity index (χ0) is 15.1. The first-order valence-corrected chi connectivity index (χ1v) is 7.43. The summed E-state index contributed by atoms with van der Waals surface area (Å²) in [4.78, 5) is 4.59. The molecule has 1 aromatic heterocycles. The number of aryl methyl sites for hydroxylation is 1. The van der Waals surface area contributed by atoms with E-state index in [2.05, 4.69) is 59.5 Å². The molecule has 1 aliphatic rings. The minimum Gasteiger partial charge on any atom is -0.398 e. The van der Waals surface area contributed by atoms with E-state index >= 15 is 0 Å². The fourth-order valence-corrected chi connectivity index (χ4v) is 2.43. The quantitative estimate of drug-likeness (QED) is 0.795. The molecule has 0 N–H and O–H groups in total. The predicted molar refractivity (Wildman–Crippen MR) is 83.2 cm³/mol. The number of pyridine rings is 1. The van der Waals surface area contributed by atoms with Crippen LogP contribution in [0, 0.1) is 12.8 Å². The summed E-state index contributed by atoms with van der Waals surface area (Å²) in [5.74, 6) is 0.638. The summed E-state index contributed by atoms with van der Waals surface area (Å²) in [5, 5.41) is 0. The van der Waals surface area contributed by atoms with Crippen molar-refractivity contribution in [2.45, 2.75) is 66.1 Å². The van der Waals surface area contributed by atoms with Crippen LogP contribution in [0.4, 0.5) is 0 Å². The molecule has 0 spiro atoms. The summed E-state index contributed by atoms with van der Waals surface area (Å²) in [6, 6.07) is 2.20. The van der Waals surface area contributed by atoms with Gasteiger partial charge in [-0.3, -0.25) is 4.98 Å². The highest BCUT2D eigenvalue weighted by Gasteiger charge is 2.52. The molecule has 0 amide bonds. The van der Waals surface area contributed by atoms with Crippen molar-refractivity contribution in [1.82, 2.24) is 4.98 Å². The monoisotopic (exact) mass is 275 g/mol. The summed E-state index contributed by atoms with van der Waals surface area (Å²) < 4.78 is 12.1. The molecule has 2 rings (SSSR count). The molecule has 1 saturated heterocycles. The second-order valence-corrected chi connectivity index (χ2v) is 7.23. The van der Waals surface area contributed by atoms with E-state index in [9.17, 15) is 0 Å². The average Bonchev–Trinajstić information content (AvgIpc) is 2.46. The van der Waals surface area contributed by atoms with Crippen LogP contribution in [0.25, 0.3) is 0 Å². The van der Waals surface area contributed by atoms with Gasteiger partial charge in [0, 0.05) is 6.20 Å². The summed E-state index contributed by atoms with van der Waals surface area (Å²) in [6.07, 6.45) is 3.00. The largest absolute Gasteiger partial charge is 0.514 e. The van der Waals surface area contributed by atoms with E-state index in [0.29, 0.717) is 5.92 Å². The van der Waals surface area contributed by atoms with Gasteiger partial charge in [0.25, 0.3) is 0 Å². The van der Waals surface area contributed by atoms with Crippen molar-refractivity contribution in [3.8, 4) is 0 Å². The minimum absolute atomic E-state index is 0.317. The summed E-state index contributed by atoms with van der Waals surface area (Å²) in [6.45, 7) is 14.8. The van der Waals surface area contributed by atoms with E-state index in [4.69, 9.17) is 9.31 Å². The zero-order valence-electron chi connectivity index (χ0n) is 13.8. The highest BCUT2D eigenvalue weighted by Crippen LogP contribution is 2.36. The number of aromatic nitrogens is 1. The molecule has 1 aromatic rings. The highest BCUT2D eigenvalue weighted by atomic mass is 16.7. The first kappa shape index (κ1) is 15.5. The Hall–Kier alpha value is -0.865. The normalized spacial score (nSPS) is 20.7. The lowest BCUT2D eigenvalue weighted by molar-refractivity contribution is 0.00578. The maximum atomic E-state index is 6.07. The maximum Gasteiger partial charge on any atom is 0.514 e. The van der Waals surface area contributed by atoms with Crippen LogP contribution in [0.15, 0.2) is 12.3 Å². The molecule has 0 bridgehead atoms. The van der Waals surface area contributed by atoms with Crippen molar-refractivity contribution in [2.24, 2.45) is 5.92 Å². The lowest BCUT2D eigenvalue weighted by atomic mass is 9.80. The van der Waals surface area contributed by atoms with Crippen molar-refractivity contribution in [3.63, 3.8) is 0 Å². The Morgan fingerprint density at radius 2 is 1.70 bits per heavy atom. The lowest BCUT2D eigenvalue weighted by Crippen LogP contribution is -2.41. The molecule has 3 nitrogen and oxygen atoms in total. The fraction of sp³-hybridized carbons (Fsp3) is 0.688. The first-order valence-electron chi connectivity index (χ1n) is 7.43. The third-order valence-electron chi connectivity index (χ3n) is 4.30. The Balaban J connectivity index is 2.23. The SMILES string of the molecule is Cc1cc(CC(C)C)cnc1B1OC(C)(C)C(C)(C)O1. The van der Waals surface area contributed by atoms with Crippen molar-refractivity contribution < 1.29 is 9.31 Å². The van der Waals surface area contributed by atoms with Gasteiger partial charge in [-0.05, 0) is 58.1 Å². The number of rotatable bonds is 3. The third-order valence-corrected chi connectivity index (χ3v) is 4.30. The van der Waals surface area contributed by atoms with Crippen LogP contribution in [-0.2, 0) is 15.7 Å². The van der Waals surface area contributed by atoms with Crippen LogP contribution in [0.1, 0.15) is 52.7 Å². The van der Waals surface area contributed by atoms with Gasteiger partial charge in [0.1, 0.15) is 0 Å². The number of nitrogens with zero attached hydrogens (tertiary/aromatic N) is 1. The maximum absolute atomic E-state index is 6.07. The molecule has 0 radical (unpaired) electrons. The molecule has 1 aliphatic heterocycles. The Morgan fingerprint density at radius 3 is 2.15 bits per heavy atom. The molecule has 0 unspecified atom stereocenters. The molecular formula is C16H26BNO2. The molecule has 110 valence electrons. The molecule has 20 heavy (non-hydrogen) atoms. The molecule has 0 saturated carbocycles. The van der Waals surface area contributed by atoms with E-state index in [1.165, 1.54) is 5.56 Å². The molecule has 0 atom stereocenters. The molecule has 2 heterocycles. The Morgan fingerprint density at radius 1 is 1.15 bits per heavy atom. The second kappa shape index (κ2) is 5.16. The van der Waals surface area contributed by atoms with Crippen LogP contribution in [0.5, 0.6) is 0 Å². The first-order chi connectivity index (χ1) is 9.12. The van der Waals surface area contributed by atoms with Gasteiger partial charge in [0.2, 0.25) is 0 Å². The van der Waals surface area contributed by atoms with E-state index in [1.807, 2.05) is 6.20 Å². The fourth-order valence-electron chi connectivity index (χ4n) is 2.43. The van der Waals surface area contributed by atoms with Gasteiger partial charge in [-0.2, -0.15) is 0 Å². The van der Waals surface area contributed by atoms with Crippen LogP contribution in [-0.4, -0.2) is 23.3 Å². The predicted octanol–water partition coefficient (Wildman–Crippen LogP) is 2.89. The second-order valence-electron chi connectivity index (χ2n) is 7.23. The van der Waals surface area contributed by atoms with Crippen LogP contribution in [0.2, 0.25) is 0 Å². The van der Waals surface area contributed by atoms with Crippen molar-refractivity contribution in [2.75, 3.05) is 0 Å². The number of hydrogen-bond donors (Lipinski definition) is 0. The molecular weight excluding hydrogens is 249 g/mol. The minimum atomic E-state index is -0.368. The smallest absolute Gasteiger partial charge is 0.398 e. The van der Waals surface area contributed by atoms with E-state index in [0.717, 1.165) is 17.6 Å². The van der Waals surface area contributed by atoms with Crippen molar-refractivity contribution >= 4 is 12.7 Å². The van der Waals surface area contributed by atoms with E-state index in [-0.39, 0.29) is 18.3 Å². The highest BCUT2D eigenvalue weighted by molar-refractivity contribution is 6.61. The van der Waals surface area contributed by atoms with Gasteiger partial charge in [0.15, 0.2) is 0 Å². The van der Waals surface area contributed by atoms with Gasteiger partial charge in [0.05, 0.1) is 16.8 Å². The molecule has 0 aromatic carbocycles. The topological polar surface area (TPSA) is 31.4 Å². The van der Waals surface area contributed by atoms with E-state index in [1.54, 1.807) is 0 Å². The Labute approximate surface area is 123 Å². The van der Waals surface area contributed by atoms with Gasteiger partial charge < -0.3 is 9.31 Å². The van der Waals surface area contributed by atoms with Crippen LogP contribution in [0.3, 0.4) is 0 Å². The van der Waals surface area contributed by atoms with Crippen molar-refractivity contribution in [3.05, 3.63) is 23.4 Å². The zero-order valence-corrected chi connectivity index (χ0v) is 13.8. The molecule has 4 heteroatoms. The van der Waals surface area contributed by atoms with Gasteiger partial charge in [-0.25, -0.2) is 0 Å². The standard InChI is InChI=1S/C16H26BNO2/c1-11(2)8-13-9-12(3)14(18-10-13)17-19-15(4,5)16(6,7)20-17/h9-11H,8H2,1-7H3. The lowest BCUT2D eigenvalue weighted by Gasteiger charge is -2.32. The Bertz CT molecular complexity index is 481. The molecule has 1 fully saturated rings. The summed E-state index contributed by atoms with van der Waals surface area (Å²) in [7, 11) is -0.368. The number of hydrogen-bond acceptors (Lipinski definition) is 3. The third kappa shape index (κ3) is 2.91. The van der Waals surface area contributed by atoms with Crippen LogP contribution >= 0.6 is 0 Å². The van der Waals surface area contributed by atoms with Crippen molar-refractivity contribution in [1.29, 1.82) is 0 Å².